The standard InChI is InChI=1S/C21H22N4O5S/c1-11-14(4)31-20(17(11)21(27)30-5)22-19(26)16-9-7-6-8-15(16)10-24-13(3)18(25(28)29)12(2)23-24/h6-9H,10H2,1-5H3,(H,22,26). The van der Waals surface area contributed by atoms with Gasteiger partial charge in [-0.1, -0.05) is 18.2 Å². The summed E-state index contributed by atoms with van der Waals surface area (Å²) < 4.78 is 6.37. The van der Waals surface area contributed by atoms with E-state index >= 15 is 0 Å². The molecule has 0 fully saturated rings. The van der Waals surface area contributed by atoms with Crippen molar-refractivity contribution >= 4 is 33.9 Å². The number of ether oxygens (including phenoxy) is 1. The predicted molar refractivity (Wildman–Crippen MR) is 117 cm³/mol. The number of aromatic nitrogens is 2. The first-order valence-corrected chi connectivity index (χ1v) is 10.2. The molecule has 0 aliphatic carbocycles. The van der Waals surface area contributed by atoms with Crippen LogP contribution in [0.4, 0.5) is 10.7 Å². The van der Waals surface area contributed by atoms with Crippen LogP contribution in [0.2, 0.25) is 0 Å². The molecule has 0 saturated heterocycles. The van der Waals surface area contributed by atoms with Crippen LogP contribution in [-0.4, -0.2) is 33.7 Å². The van der Waals surface area contributed by atoms with Crippen LogP contribution in [-0.2, 0) is 11.3 Å². The molecule has 2 aromatic heterocycles. The number of carbonyl (C=O) groups excluding carboxylic acids is 2. The molecular formula is C21H22N4O5S. The molecule has 0 aliphatic rings. The molecule has 1 amide bonds. The fourth-order valence-electron chi connectivity index (χ4n) is 3.38. The summed E-state index contributed by atoms with van der Waals surface area (Å²) in [6, 6.07) is 6.94. The number of aryl methyl sites for hydroxylation is 2. The minimum Gasteiger partial charge on any atom is -0.465 e. The fraction of sp³-hybridized carbons (Fsp3) is 0.286. The third kappa shape index (κ3) is 4.19. The number of rotatable bonds is 6. The molecule has 0 aliphatic heterocycles. The number of anilines is 1. The molecule has 31 heavy (non-hydrogen) atoms. The van der Waals surface area contributed by atoms with Gasteiger partial charge in [-0.3, -0.25) is 19.6 Å². The van der Waals surface area contributed by atoms with E-state index in [1.54, 1.807) is 45.0 Å². The largest absolute Gasteiger partial charge is 0.465 e. The molecule has 9 nitrogen and oxygen atoms in total. The number of nitro groups is 1. The van der Waals surface area contributed by atoms with Crippen LogP contribution >= 0.6 is 11.3 Å². The highest BCUT2D eigenvalue weighted by molar-refractivity contribution is 7.16. The molecule has 0 atom stereocenters. The Balaban J connectivity index is 1.94. The first-order valence-electron chi connectivity index (χ1n) is 9.41. The summed E-state index contributed by atoms with van der Waals surface area (Å²) in [6.07, 6.45) is 0. The molecule has 2 heterocycles. The number of nitrogens with zero attached hydrogens (tertiary/aromatic N) is 3. The minimum absolute atomic E-state index is 0.0332. The smallest absolute Gasteiger partial charge is 0.341 e. The van der Waals surface area contributed by atoms with Gasteiger partial charge in [0.15, 0.2) is 0 Å². The van der Waals surface area contributed by atoms with Crippen molar-refractivity contribution in [2.45, 2.75) is 34.2 Å². The SMILES string of the molecule is COC(=O)c1c(NC(=O)c2ccccc2Cn2nc(C)c([N+](=O)[O-])c2C)sc(C)c1C. The van der Waals surface area contributed by atoms with Gasteiger partial charge in [-0.15, -0.1) is 11.3 Å². The summed E-state index contributed by atoms with van der Waals surface area (Å²) in [6.45, 7) is 7.07. The van der Waals surface area contributed by atoms with E-state index < -0.39 is 16.8 Å². The molecule has 10 heteroatoms. The Morgan fingerprint density at radius 1 is 1.23 bits per heavy atom. The molecule has 0 bridgehead atoms. The highest BCUT2D eigenvalue weighted by Crippen LogP contribution is 2.33. The van der Waals surface area contributed by atoms with Crippen molar-refractivity contribution in [3.05, 3.63) is 72.9 Å². The summed E-state index contributed by atoms with van der Waals surface area (Å²) in [5, 5.41) is 18.8. The molecule has 0 saturated carbocycles. The Morgan fingerprint density at radius 3 is 2.52 bits per heavy atom. The van der Waals surface area contributed by atoms with E-state index in [9.17, 15) is 19.7 Å². The quantitative estimate of drug-likeness (QED) is 0.348. The number of hydrogen-bond donors (Lipinski definition) is 1. The maximum Gasteiger partial charge on any atom is 0.341 e. The van der Waals surface area contributed by atoms with Crippen molar-refractivity contribution in [1.82, 2.24) is 9.78 Å². The molecule has 162 valence electrons. The van der Waals surface area contributed by atoms with Crippen molar-refractivity contribution < 1.29 is 19.2 Å². The van der Waals surface area contributed by atoms with Gasteiger partial charge in [-0.05, 0) is 44.9 Å². The third-order valence-corrected chi connectivity index (χ3v) is 6.23. The van der Waals surface area contributed by atoms with Crippen molar-refractivity contribution in [3.63, 3.8) is 0 Å². The van der Waals surface area contributed by atoms with Gasteiger partial charge in [-0.2, -0.15) is 5.10 Å². The maximum atomic E-state index is 13.1. The Kier molecular flexibility index (Phi) is 6.21. The van der Waals surface area contributed by atoms with Gasteiger partial charge in [0.1, 0.15) is 16.4 Å². The van der Waals surface area contributed by atoms with Gasteiger partial charge in [0, 0.05) is 10.4 Å². The number of esters is 1. The number of benzene rings is 1. The van der Waals surface area contributed by atoms with Crippen molar-refractivity contribution in [2.24, 2.45) is 0 Å². The molecular weight excluding hydrogens is 420 g/mol. The summed E-state index contributed by atoms with van der Waals surface area (Å²) in [7, 11) is 1.29. The van der Waals surface area contributed by atoms with Crippen LogP contribution in [0.1, 0.15) is 48.1 Å². The normalized spacial score (nSPS) is 10.7. The highest BCUT2D eigenvalue weighted by atomic mass is 32.1. The van der Waals surface area contributed by atoms with Crippen LogP contribution < -0.4 is 5.32 Å². The van der Waals surface area contributed by atoms with Crippen molar-refractivity contribution in [3.8, 4) is 0 Å². The van der Waals surface area contributed by atoms with Gasteiger partial charge < -0.3 is 10.1 Å². The first-order chi connectivity index (χ1) is 14.6. The number of nitrogens with one attached hydrogen (secondary N) is 1. The molecule has 3 aromatic rings. The number of amides is 1. The van der Waals surface area contributed by atoms with Gasteiger partial charge in [0.2, 0.25) is 0 Å². The Hall–Kier alpha value is -3.53. The van der Waals surface area contributed by atoms with E-state index in [0.717, 1.165) is 10.4 Å². The molecule has 0 spiro atoms. The van der Waals surface area contributed by atoms with E-state index in [2.05, 4.69) is 10.4 Å². The number of carbonyl (C=O) groups is 2. The van der Waals surface area contributed by atoms with Crippen LogP contribution in [0.3, 0.4) is 0 Å². The van der Waals surface area contributed by atoms with E-state index in [0.29, 0.717) is 33.1 Å². The van der Waals surface area contributed by atoms with Crippen LogP contribution in [0, 0.1) is 37.8 Å². The number of methoxy groups -OCH3 is 1. The Morgan fingerprint density at radius 2 is 1.90 bits per heavy atom. The second kappa shape index (κ2) is 8.68. The zero-order valence-corrected chi connectivity index (χ0v) is 18.6. The van der Waals surface area contributed by atoms with E-state index in [1.165, 1.54) is 23.1 Å². The molecule has 0 unspecified atom stereocenters. The van der Waals surface area contributed by atoms with E-state index in [-0.39, 0.29) is 12.2 Å². The third-order valence-electron chi connectivity index (χ3n) is 5.11. The Bertz CT molecular complexity index is 1190. The lowest BCUT2D eigenvalue weighted by atomic mass is 10.1. The lowest BCUT2D eigenvalue weighted by molar-refractivity contribution is -0.386. The zero-order valence-electron chi connectivity index (χ0n) is 17.8. The lowest BCUT2D eigenvalue weighted by Crippen LogP contribution is -2.17. The summed E-state index contributed by atoms with van der Waals surface area (Å²) in [4.78, 5) is 37.0. The van der Waals surface area contributed by atoms with Gasteiger partial charge in [0.25, 0.3) is 5.91 Å². The van der Waals surface area contributed by atoms with Gasteiger partial charge in [-0.25, -0.2) is 4.79 Å². The van der Waals surface area contributed by atoms with Crippen LogP contribution in [0.25, 0.3) is 0 Å². The molecule has 0 radical (unpaired) electrons. The summed E-state index contributed by atoms with van der Waals surface area (Å²) in [5.74, 6) is -0.904. The molecule has 3 rings (SSSR count). The zero-order chi connectivity index (χ0) is 22.9. The summed E-state index contributed by atoms with van der Waals surface area (Å²) in [5.41, 5.74) is 2.82. The topological polar surface area (TPSA) is 116 Å². The van der Waals surface area contributed by atoms with E-state index in [4.69, 9.17) is 4.74 Å². The second-order valence-electron chi connectivity index (χ2n) is 7.02. The maximum absolute atomic E-state index is 13.1. The molecule has 1 N–H and O–H groups in total. The van der Waals surface area contributed by atoms with Crippen LogP contribution in [0.5, 0.6) is 0 Å². The van der Waals surface area contributed by atoms with Crippen molar-refractivity contribution in [2.75, 3.05) is 12.4 Å². The predicted octanol–water partition coefficient (Wildman–Crippen LogP) is 4.17. The highest BCUT2D eigenvalue weighted by Gasteiger charge is 2.24. The van der Waals surface area contributed by atoms with Gasteiger partial charge in [0.05, 0.1) is 24.1 Å². The second-order valence-corrected chi connectivity index (χ2v) is 8.25. The lowest BCUT2D eigenvalue weighted by Gasteiger charge is -2.11. The van der Waals surface area contributed by atoms with Gasteiger partial charge >= 0.3 is 11.7 Å². The average molecular weight is 442 g/mol. The average Bonchev–Trinajstić information content (AvgIpc) is 3.16. The fourth-order valence-corrected chi connectivity index (χ4v) is 4.42. The Labute approximate surface area is 182 Å². The van der Waals surface area contributed by atoms with E-state index in [1.807, 2.05) is 6.92 Å². The number of hydrogen-bond acceptors (Lipinski definition) is 7. The van der Waals surface area contributed by atoms with Crippen molar-refractivity contribution in [1.29, 1.82) is 0 Å². The summed E-state index contributed by atoms with van der Waals surface area (Å²) >= 11 is 1.30. The van der Waals surface area contributed by atoms with Crippen LogP contribution in [0.15, 0.2) is 24.3 Å². The number of thiophene rings is 1. The molecule has 1 aromatic carbocycles. The first kappa shape index (κ1) is 22.2. The monoisotopic (exact) mass is 442 g/mol. The minimum atomic E-state index is -0.514.